The van der Waals surface area contributed by atoms with Crippen LogP contribution in [0.3, 0.4) is 0 Å². The van der Waals surface area contributed by atoms with Crippen molar-refractivity contribution < 1.29 is 4.79 Å². The Labute approximate surface area is 128 Å². The third-order valence-corrected chi connectivity index (χ3v) is 5.14. The molecule has 1 rings (SSSR count). The van der Waals surface area contributed by atoms with E-state index in [1.807, 2.05) is 17.9 Å². The van der Waals surface area contributed by atoms with E-state index in [-0.39, 0.29) is 11.3 Å². The number of hydrogen-bond donors (Lipinski definition) is 1. The van der Waals surface area contributed by atoms with E-state index < -0.39 is 0 Å². The number of carbonyl (C=O) groups excluding carboxylic acids is 1. The van der Waals surface area contributed by atoms with Crippen molar-refractivity contribution in [2.45, 2.75) is 34.1 Å². The fourth-order valence-electron chi connectivity index (χ4n) is 1.82. The monoisotopic (exact) mass is 346 g/mol. The zero-order valence-electron chi connectivity index (χ0n) is 12.1. The van der Waals surface area contributed by atoms with Gasteiger partial charge in [-0.2, -0.15) is 0 Å². The average Bonchev–Trinajstić information content (AvgIpc) is 2.68. The maximum absolute atomic E-state index is 12.6. The molecule has 0 saturated carbocycles. The SMILES string of the molecule is CCCN(CC(C)(C)CN)C(=O)c1cc(C)c(Br)s1. The van der Waals surface area contributed by atoms with Crippen molar-refractivity contribution in [1.82, 2.24) is 4.90 Å². The zero-order valence-corrected chi connectivity index (χ0v) is 14.5. The number of rotatable bonds is 6. The zero-order chi connectivity index (χ0) is 14.6. The number of amides is 1. The van der Waals surface area contributed by atoms with Crippen LogP contribution in [-0.2, 0) is 0 Å². The van der Waals surface area contributed by atoms with E-state index in [4.69, 9.17) is 5.73 Å². The lowest BCUT2D eigenvalue weighted by molar-refractivity contribution is 0.0694. The number of hydrogen-bond acceptors (Lipinski definition) is 3. The van der Waals surface area contributed by atoms with Gasteiger partial charge in [0.2, 0.25) is 0 Å². The summed E-state index contributed by atoms with van der Waals surface area (Å²) in [5, 5.41) is 0. The highest BCUT2D eigenvalue weighted by atomic mass is 79.9. The van der Waals surface area contributed by atoms with Crippen molar-refractivity contribution in [1.29, 1.82) is 0 Å². The molecule has 108 valence electrons. The summed E-state index contributed by atoms with van der Waals surface area (Å²) in [5.41, 5.74) is 6.84. The number of carbonyl (C=O) groups is 1. The minimum Gasteiger partial charge on any atom is -0.337 e. The Balaban J connectivity index is 2.89. The molecular formula is C14H23BrN2OS. The van der Waals surface area contributed by atoms with Crippen molar-refractivity contribution in [2.75, 3.05) is 19.6 Å². The molecule has 1 aromatic heterocycles. The highest BCUT2D eigenvalue weighted by molar-refractivity contribution is 9.11. The van der Waals surface area contributed by atoms with Gasteiger partial charge in [0, 0.05) is 13.1 Å². The smallest absolute Gasteiger partial charge is 0.263 e. The summed E-state index contributed by atoms with van der Waals surface area (Å²) in [6.45, 7) is 10.3. The molecule has 5 heteroatoms. The number of nitrogens with zero attached hydrogens (tertiary/aromatic N) is 1. The van der Waals surface area contributed by atoms with E-state index >= 15 is 0 Å². The number of halogens is 1. The first-order valence-corrected chi connectivity index (χ1v) is 8.17. The fourth-order valence-corrected chi connectivity index (χ4v) is 3.33. The second-order valence-corrected chi connectivity index (χ2v) is 8.03. The van der Waals surface area contributed by atoms with Crippen LogP contribution >= 0.6 is 27.3 Å². The molecule has 2 N–H and O–H groups in total. The lowest BCUT2D eigenvalue weighted by Crippen LogP contribution is -2.42. The Morgan fingerprint density at radius 1 is 1.53 bits per heavy atom. The summed E-state index contributed by atoms with van der Waals surface area (Å²) in [5.74, 6) is 0.113. The van der Waals surface area contributed by atoms with Crippen molar-refractivity contribution in [3.05, 3.63) is 20.3 Å². The van der Waals surface area contributed by atoms with Crippen LogP contribution in [-0.4, -0.2) is 30.4 Å². The number of thiophene rings is 1. The molecule has 19 heavy (non-hydrogen) atoms. The Bertz CT molecular complexity index is 423. The molecule has 1 heterocycles. The lowest BCUT2D eigenvalue weighted by atomic mass is 9.93. The van der Waals surface area contributed by atoms with Gasteiger partial charge in [-0.15, -0.1) is 11.3 Å². The van der Waals surface area contributed by atoms with Crippen molar-refractivity contribution in [3.8, 4) is 0 Å². The van der Waals surface area contributed by atoms with E-state index in [0.717, 1.165) is 27.2 Å². The van der Waals surface area contributed by atoms with E-state index in [1.165, 1.54) is 11.3 Å². The third-order valence-electron chi connectivity index (χ3n) is 3.02. The molecule has 0 fully saturated rings. The summed E-state index contributed by atoms with van der Waals surface area (Å²) in [6.07, 6.45) is 0.956. The van der Waals surface area contributed by atoms with Crippen molar-refractivity contribution >= 4 is 33.2 Å². The van der Waals surface area contributed by atoms with Gasteiger partial charge in [0.1, 0.15) is 0 Å². The van der Waals surface area contributed by atoms with Crippen LogP contribution in [0.25, 0.3) is 0 Å². The second-order valence-electron chi connectivity index (χ2n) is 5.66. The van der Waals surface area contributed by atoms with Crippen LogP contribution in [0, 0.1) is 12.3 Å². The summed E-state index contributed by atoms with van der Waals surface area (Å²) in [6, 6.07) is 1.95. The van der Waals surface area contributed by atoms with Crippen LogP contribution in [0.15, 0.2) is 9.85 Å². The van der Waals surface area contributed by atoms with Crippen LogP contribution < -0.4 is 5.73 Å². The standard InChI is InChI=1S/C14H23BrN2OS/c1-5-6-17(9-14(3,4)8-16)13(18)11-7-10(2)12(15)19-11/h7H,5-6,8-9,16H2,1-4H3. The summed E-state index contributed by atoms with van der Waals surface area (Å²) < 4.78 is 1.03. The molecule has 0 aliphatic heterocycles. The van der Waals surface area contributed by atoms with Gasteiger partial charge in [0.05, 0.1) is 8.66 Å². The molecule has 0 aliphatic rings. The van der Waals surface area contributed by atoms with Gasteiger partial charge in [-0.1, -0.05) is 20.8 Å². The normalized spacial score (nSPS) is 11.7. The Morgan fingerprint density at radius 2 is 2.16 bits per heavy atom. The molecule has 0 saturated heterocycles. The van der Waals surface area contributed by atoms with Crippen LogP contribution in [0.4, 0.5) is 0 Å². The van der Waals surface area contributed by atoms with Gasteiger partial charge in [-0.3, -0.25) is 4.79 Å². The first-order valence-electron chi connectivity index (χ1n) is 6.56. The van der Waals surface area contributed by atoms with Crippen molar-refractivity contribution in [3.63, 3.8) is 0 Å². The molecule has 0 bridgehead atoms. The molecule has 0 atom stereocenters. The third kappa shape index (κ3) is 4.58. The molecule has 0 spiro atoms. The molecule has 0 aromatic carbocycles. The molecule has 0 aliphatic carbocycles. The molecule has 0 radical (unpaired) electrons. The second kappa shape index (κ2) is 6.86. The van der Waals surface area contributed by atoms with Gasteiger partial charge in [-0.05, 0) is 52.9 Å². The van der Waals surface area contributed by atoms with Gasteiger partial charge in [0.25, 0.3) is 5.91 Å². The summed E-state index contributed by atoms with van der Waals surface area (Å²) in [7, 11) is 0. The topological polar surface area (TPSA) is 46.3 Å². The molecular weight excluding hydrogens is 324 g/mol. The maximum Gasteiger partial charge on any atom is 0.263 e. The Morgan fingerprint density at radius 3 is 2.58 bits per heavy atom. The van der Waals surface area contributed by atoms with Crippen LogP contribution in [0.5, 0.6) is 0 Å². The fraction of sp³-hybridized carbons (Fsp3) is 0.643. The minimum absolute atomic E-state index is 0.0473. The number of nitrogens with two attached hydrogens (primary N) is 1. The van der Waals surface area contributed by atoms with Gasteiger partial charge >= 0.3 is 0 Å². The largest absolute Gasteiger partial charge is 0.337 e. The van der Waals surface area contributed by atoms with Crippen LogP contribution in [0.1, 0.15) is 42.4 Å². The number of aryl methyl sites for hydroxylation is 1. The van der Waals surface area contributed by atoms with Crippen molar-refractivity contribution in [2.24, 2.45) is 11.1 Å². The Hall–Kier alpha value is -0.390. The molecule has 1 aromatic rings. The van der Waals surface area contributed by atoms with Gasteiger partial charge in [-0.25, -0.2) is 0 Å². The Kier molecular flexibility index (Phi) is 6.02. The molecule has 0 unspecified atom stereocenters. The van der Waals surface area contributed by atoms with E-state index in [1.54, 1.807) is 0 Å². The highest BCUT2D eigenvalue weighted by Crippen LogP contribution is 2.29. The van der Waals surface area contributed by atoms with Gasteiger partial charge < -0.3 is 10.6 Å². The van der Waals surface area contributed by atoms with Gasteiger partial charge in [0.15, 0.2) is 0 Å². The minimum atomic E-state index is -0.0473. The maximum atomic E-state index is 12.6. The summed E-state index contributed by atoms with van der Waals surface area (Å²) >= 11 is 4.98. The lowest BCUT2D eigenvalue weighted by Gasteiger charge is -2.31. The highest BCUT2D eigenvalue weighted by Gasteiger charge is 2.25. The first-order chi connectivity index (χ1) is 8.80. The van der Waals surface area contributed by atoms with E-state index in [2.05, 4.69) is 36.7 Å². The average molecular weight is 347 g/mol. The van der Waals surface area contributed by atoms with E-state index in [0.29, 0.717) is 13.1 Å². The van der Waals surface area contributed by atoms with E-state index in [9.17, 15) is 4.79 Å². The van der Waals surface area contributed by atoms with Crippen LogP contribution in [0.2, 0.25) is 0 Å². The molecule has 1 amide bonds. The predicted octanol–water partition coefficient (Wildman–Crippen LogP) is 3.66. The first kappa shape index (κ1) is 16.7. The molecule has 3 nitrogen and oxygen atoms in total. The quantitative estimate of drug-likeness (QED) is 0.854. The predicted molar refractivity (Wildman–Crippen MR) is 85.8 cm³/mol. The summed E-state index contributed by atoms with van der Waals surface area (Å²) in [4.78, 5) is 15.3.